The van der Waals surface area contributed by atoms with E-state index in [0.717, 1.165) is 6.54 Å². The van der Waals surface area contributed by atoms with E-state index in [1.807, 2.05) is 6.92 Å². The van der Waals surface area contributed by atoms with Gasteiger partial charge in [-0.05, 0) is 33.9 Å². The smallest absolute Gasteiger partial charge is 0.148 e. The molecule has 1 saturated carbocycles. The van der Waals surface area contributed by atoms with Gasteiger partial charge < -0.3 is 10.2 Å². The van der Waals surface area contributed by atoms with Crippen molar-refractivity contribution in [2.45, 2.75) is 50.6 Å². The Bertz CT molecular complexity index is 346. The van der Waals surface area contributed by atoms with Gasteiger partial charge in [-0.3, -0.25) is 0 Å². The van der Waals surface area contributed by atoms with Crippen molar-refractivity contribution in [1.82, 2.24) is 10.2 Å². The Hall–Kier alpha value is -0.130. The van der Waals surface area contributed by atoms with E-state index in [4.69, 9.17) is 0 Å². The number of nitrogens with zero attached hydrogens (tertiary/aromatic N) is 1. The van der Waals surface area contributed by atoms with E-state index >= 15 is 0 Å². The van der Waals surface area contributed by atoms with Crippen LogP contribution in [-0.2, 0) is 9.84 Å². The lowest BCUT2D eigenvalue weighted by Crippen LogP contribution is -2.54. The van der Waals surface area contributed by atoms with Gasteiger partial charge in [0.15, 0.2) is 0 Å². The third-order valence-electron chi connectivity index (χ3n) is 4.07. The largest absolute Gasteiger partial charge is 0.311 e. The minimum atomic E-state index is -2.89. The molecule has 0 heterocycles. The molecule has 18 heavy (non-hydrogen) atoms. The third-order valence-corrected chi connectivity index (χ3v) is 5.17. The quantitative estimate of drug-likeness (QED) is 0.794. The van der Waals surface area contributed by atoms with E-state index in [-0.39, 0.29) is 17.3 Å². The molecule has 1 aliphatic carbocycles. The van der Waals surface area contributed by atoms with Crippen molar-refractivity contribution in [3.05, 3.63) is 0 Å². The summed E-state index contributed by atoms with van der Waals surface area (Å²) in [7, 11) is 1.37. The lowest BCUT2D eigenvalue weighted by molar-refractivity contribution is 0.0966. The summed E-state index contributed by atoms with van der Waals surface area (Å²) in [6, 6.07) is 0.0266. The zero-order valence-electron chi connectivity index (χ0n) is 12.2. The molecule has 0 saturated heterocycles. The zero-order chi connectivity index (χ0) is 13.8. The van der Waals surface area contributed by atoms with E-state index in [1.54, 1.807) is 0 Å². The summed E-state index contributed by atoms with van der Waals surface area (Å²) in [6.45, 7) is 2.84. The Morgan fingerprint density at radius 3 is 2.22 bits per heavy atom. The average molecular weight is 276 g/mol. The second-order valence-corrected chi connectivity index (χ2v) is 8.24. The molecule has 0 bridgehead atoms. The van der Waals surface area contributed by atoms with Gasteiger partial charge in [0.25, 0.3) is 0 Å². The topological polar surface area (TPSA) is 49.4 Å². The van der Waals surface area contributed by atoms with Crippen LogP contribution in [0.15, 0.2) is 0 Å². The molecule has 0 radical (unpaired) electrons. The summed E-state index contributed by atoms with van der Waals surface area (Å²) < 4.78 is 22.5. The molecule has 1 aliphatic rings. The number of nitrogens with one attached hydrogen (secondary N) is 1. The molecule has 0 spiro atoms. The number of hydrogen-bond donors (Lipinski definition) is 1. The lowest BCUT2D eigenvalue weighted by Gasteiger charge is -2.43. The fourth-order valence-electron chi connectivity index (χ4n) is 2.87. The molecule has 0 aromatic carbocycles. The third kappa shape index (κ3) is 4.86. The first-order valence-corrected chi connectivity index (χ1v) is 8.90. The Morgan fingerprint density at radius 1 is 1.22 bits per heavy atom. The molecule has 0 aromatic rings. The van der Waals surface area contributed by atoms with Crippen molar-refractivity contribution in [2.75, 3.05) is 32.6 Å². The zero-order valence-corrected chi connectivity index (χ0v) is 13.0. The van der Waals surface area contributed by atoms with Crippen molar-refractivity contribution in [3.8, 4) is 0 Å². The summed E-state index contributed by atoms with van der Waals surface area (Å²) >= 11 is 0. The maximum absolute atomic E-state index is 11.3. The second-order valence-electron chi connectivity index (χ2n) is 6.05. The first-order chi connectivity index (χ1) is 8.25. The molecule has 4 nitrogen and oxygen atoms in total. The van der Waals surface area contributed by atoms with Crippen molar-refractivity contribution in [2.24, 2.45) is 0 Å². The maximum atomic E-state index is 11.3. The van der Waals surface area contributed by atoms with Crippen LogP contribution >= 0.6 is 0 Å². The standard InChI is InChI=1S/C13H28N2O2S/c1-12(10-18(4,16)17)14-11-13(15(2)3)8-6-5-7-9-13/h12,14H,5-11H2,1-4H3. The minimum absolute atomic E-state index is 0.0266. The molecule has 0 aromatic heterocycles. The number of sulfone groups is 1. The monoisotopic (exact) mass is 276 g/mol. The van der Waals surface area contributed by atoms with E-state index in [0.29, 0.717) is 0 Å². The number of likely N-dealkylation sites (N-methyl/N-ethyl adjacent to an activating group) is 1. The molecule has 1 atom stereocenters. The van der Waals surface area contributed by atoms with Crippen molar-refractivity contribution < 1.29 is 8.42 Å². The summed E-state index contributed by atoms with van der Waals surface area (Å²) in [5, 5.41) is 3.41. The van der Waals surface area contributed by atoms with Crippen LogP contribution in [0, 0.1) is 0 Å². The van der Waals surface area contributed by atoms with Crippen molar-refractivity contribution in [3.63, 3.8) is 0 Å². The highest BCUT2D eigenvalue weighted by Crippen LogP contribution is 2.31. The minimum Gasteiger partial charge on any atom is -0.311 e. The Balaban J connectivity index is 2.52. The Labute approximate surface area is 112 Å². The molecule has 1 unspecified atom stereocenters. The maximum Gasteiger partial charge on any atom is 0.148 e. The van der Waals surface area contributed by atoms with Crippen LogP contribution in [0.3, 0.4) is 0 Å². The van der Waals surface area contributed by atoms with Crippen LogP contribution < -0.4 is 5.32 Å². The molecule has 108 valence electrons. The molecule has 1 N–H and O–H groups in total. The van der Waals surface area contributed by atoms with Gasteiger partial charge in [0.2, 0.25) is 0 Å². The predicted octanol–water partition coefficient (Wildman–Crippen LogP) is 1.27. The van der Waals surface area contributed by atoms with E-state index in [1.165, 1.54) is 38.4 Å². The molecule has 0 amide bonds. The lowest BCUT2D eigenvalue weighted by atomic mass is 9.80. The van der Waals surface area contributed by atoms with E-state index in [2.05, 4.69) is 24.3 Å². The highest BCUT2D eigenvalue weighted by molar-refractivity contribution is 7.90. The normalized spacial score (nSPS) is 22.1. The van der Waals surface area contributed by atoms with Crippen LogP contribution in [0.5, 0.6) is 0 Å². The van der Waals surface area contributed by atoms with Gasteiger partial charge in [0.05, 0.1) is 5.75 Å². The van der Waals surface area contributed by atoms with Gasteiger partial charge in [-0.25, -0.2) is 8.42 Å². The highest BCUT2D eigenvalue weighted by atomic mass is 32.2. The molecule has 0 aliphatic heterocycles. The Kier molecular flexibility index (Phi) is 5.62. The number of hydrogen-bond acceptors (Lipinski definition) is 4. The molecule has 1 rings (SSSR count). The molecule has 5 heteroatoms. The fraction of sp³-hybridized carbons (Fsp3) is 1.00. The number of rotatable bonds is 6. The molecular weight excluding hydrogens is 248 g/mol. The highest BCUT2D eigenvalue weighted by Gasteiger charge is 2.34. The first kappa shape index (κ1) is 15.9. The van der Waals surface area contributed by atoms with Gasteiger partial charge in [-0.15, -0.1) is 0 Å². The van der Waals surface area contributed by atoms with Crippen molar-refractivity contribution in [1.29, 1.82) is 0 Å². The van der Waals surface area contributed by atoms with Crippen LogP contribution in [0.4, 0.5) is 0 Å². The fourth-order valence-corrected chi connectivity index (χ4v) is 3.90. The SMILES string of the molecule is CC(CS(C)(=O)=O)NCC1(N(C)C)CCCCC1. The van der Waals surface area contributed by atoms with E-state index in [9.17, 15) is 8.42 Å². The van der Waals surface area contributed by atoms with Gasteiger partial charge >= 0.3 is 0 Å². The van der Waals surface area contributed by atoms with Crippen LogP contribution in [0.25, 0.3) is 0 Å². The van der Waals surface area contributed by atoms with Crippen LogP contribution in [0.2, 0.25) is 0 Å². The average Bonchev–Trinajstić information content (AvgIpc) is 2.25. The van der Waals surface area contributed by atoms with Crippen LogP contribution in [-0.4, -0.2) is 57.5 Å². The molecular formula is C13H28N2O2S. The predicted molar refractivity (Wildman–Crippen MR) is 76.7 cm³/mol. The van der Waals surface area contributed by atoms with Crippen molar-refractivity contribution >= 4 is 9.84 Å². The molecule has 1 fully saturated rings. The van der Waals surface area contributed by atoms with Gasteiger partial charge in [0.1, 0.15) is 9.84 Å². The summed E-state index contributed by atoms with van der Waals surface area (Å²) in [4.78, 5) is 2.31. The summed E-state index contributed by atoms with van der Waals surface area (Å²) in [5.41, 5.74) is 0.212. The second kappa shape index (κ2) is 6.35. The van der Waals surface area contributed by atoms with Gasteiger partial charge in [0, 0.05) is 24.4 Å². The Morgan fingerprint density at radius 2 is 1.78 bits per heavy atom. The van der Waals surface area contributed by atoms with Gasteiger partial charge in [-0.1, -0.05) is 19.3 Å². The summed E-state index contributed by atoms with van der Waals surface area (Å²) in [6.07, 6.45) is 7.60. The van der Waals surface area contributed by atoms with Crippen LogP contribution in [0.1, 0.15) is 39.0 Å². The summed E-state index contributed by atoms with van der Waals surface area (Å²) in [5.74, 6) is 0.219. The van der Waals surface area contributed by atoms with E-state index < -0.39 is 9.84 Å². The first-order valence-electron chi connectivity index (χ1n) is 6.84. The van der Waals surface area contributed by atoms with Gasteiger partial charge in [-0.2, -0.15) is 0 Å².